The zero-order chi connectivity index (χ0) is 9.42. The summed E-state index contributed by atoms with van der Waals surface area (Å²) >= 11 is 13.5. The van der Waals surface area contributed by atoms with E-state index in [9.17, 15) is 0 Å². The van der Waals surface area contributed by atoms with E-state index >= 15 is 0 Å². The highest BCUT2D eigenvalue weighted by atomic mass is 35.5. The van der Waals surface area contributed by atoms with Crippen LogP contribution in [0.5, 0.6) is 5.75 Å². The van der Waals surface area contributed by atoms with Gasteiger partial charge in [0.05, 0.1) is 27.2 Å². The van der Waals surface area contributed by atoms with Gasteiger partial charge in [-0.15, -0.1) is 11.3 Å². The maximum Gasteiger partial charge on any atom is 0.129 e. The average Bonchev–Trinajstić information content (AvgIpc) is 2.51. The molecular formula is C9H6Cl2OS. The molecule has 0 spiro atoms. The second-order valence-electron chi connectivity index (χ2n) is 2.54. The predicted molar refractivity (Wildman–Crippen MR) is 58.4 cm³/mol. The molecule has 0 fully saturated rings. The van der Waals surface area contributed by atoms with Gasteiger partial charge in [0.2, 0.25) is 0 Å². The first-order chi connectivity index (χ1) is 6.24. The van der Waals surface area contributed by atoms with Gasteiger partial charge in [0.15, 0.2) is 0 Å². The minimum absolute atomic E-state index is 0.694. The number of fused-ring (bicyclic) bond motifs is 1. The van der Waals surface area contributed by atoms with Crippen LogP contribution in [0.25, 0.3) is 10.1 Å². The molecule has 0 N–H and O–H groups in total. The Morgan fingerprint density at radius 3 is 2.69 bits per heavy atom. The molecule has 0 radical (unpaired) electrons. The fourth-order valence-corrected chi connectivity index (χ4v) is 2.74. The summed E-state index contributed by atoms with van der Waals surface area (Å²) in [7, 11) is 1.62. The van der Waals surface area contributed by atoms with Crippen LogP contribution in [0.15, 0.2) is 17.5 Å². The standard InChI is InChI=1S/C9H6Cl2OS/c1-12-7-3-2-5(10)9-8(7)6(11)4-13-9/h2-4H,1H3. The van der Waals surface area contributed by atoms with Crippen molar-refractivity contribution in [3.05, 3.63) is 27.6 Å². The number of halogens is 2. The number of benzene rings is 1. The number of rotatable bonds is 1. The molecule has 68 valence electrons. The van der Waals surface area contributed by atoms with E-state index in [-0.39, 0.29) is 0 Å². The van der Waals surface area contributed by atoms with Gasteiger partial charge in [-0.25, -0.2) is 0 Å². The van der Waals surface area contributed by atoms with E-state index in [2.05, 4.69) is 0 Å². The molecule has 0 saturated carbocycles. The SMILES string of the molecule is COc1ccc(Cl)c2scc(Cl)c12. The summed E-state index contributed by atoms with van der Waals surface area (Å²) in [5.74, 6) is 0.769. The first-order valence-corrected chi connectivity index (χ1v) is 5.27. The van der Waals surface area contributed by atoms with Crippen LogP contribution in [0.1, 0.15) is 0 Å². The van der Waals surface area contributed by atoms with E-state index in [1.54, 1.807) is 7.11 Å². The van der Waals surface area contributed by atoms with E-state index in [1.807, 2.05) is 17.5 Å². The monoisotopic (exact) mass is 232 g/mol. The molecule has 0 saturated heterocycles. The van der Waals surface area contributed by atoms with Gasteiger partial charge in [0.25, 0.3) is 0 Å². The minimum Gasteiger partial charge on any atom is -0.496 e. The third-order valence-corrected chi connectivity index (χ3v) is 3.68. The summed E-state index contributed by atoms with van der Waals surface area (Å²) < 4.78 is 6.16. The lowest BCUT2D eigenvalue weighted by Crippen LogP contribution is -1.82. The molecule has 0 aliphatic heterocycles. The Morgan fingerprint density at radius 1 is 1.23 bits per heavy atom. The normalized spacial score (nSPS) is 10.7. The summed E-state index contributed by atoms with van der Waals surface area (Å²) in [6.45, 7) is 0. The fourth-order valence-electron chi connectivity index (χ4n) is 1.22. The first kappa shape index (κ1) is 9.13. The lowest BCUT2D eigenvalue weighted by Gasteiger charge is -2.02. The van der Waals surface area contributed by atoms with Crippen molar-refractivity contribution in [1.29, 1.82) is 0 Å². The van der Waals surface area contributed by atoms with Crippen LogP contribution < -0.4 is 4.74 Å². The second kappa shape index (κ2) is 3.37. The van der Waals surface area contributed by atoms with Crippen molar-refractivity contribution in [3.8, 4) is 5.75 Å². The highest BCUT2D eigenvalue weighted by Gasteiger charge is 2.10. The van der Waals surface area contributed by atoms with Crippen LogP contribution in [0.2, 0.25) is 10.0 Å². The highest BCUT2D eigenvalue weighted by molar-refractivity contribution is 7.18. The average molecular weight is 233 g/mol. The molecule has 0 aliphatic rings. The van der Waals surface area contributed by atoms with Crippen molar-refractivity contribution >= 4 is 44.6 Å². The van der Waals surface area contributed by atoms with Gasteiger partial charge in [0.1, 0.15) is 5.75 Å². The lowest BCUT2D eigenvalue weighted by molar-refractivity contribution is 0.420. The Hall–Kier alpha value is -0.440. The summed E-state index contributed by atoms with van der Waals surface area (Å²) in [6.07, 6.45) is 0. The molecule has 1 nitrogen and oxygen atoms in total. The van der Waals surface area contributed by atoms with E-state index in [1.165, 1.54) is 11.3 Å². The molecule has 1 aromatic heterocycles. The highest BCUT2D eigenvalue weighted by Crippen LogP contribution is 2.40. The molecule has 0 bridgehead atoms. The number of hydrogen-bond acceptors (Lipinski definition) is 2. The largest absolute Gasteiger partial charge is 0.496 e. The Bertz CT molecular complexity index is 450. The van der Waals surface area contributed by atoms with E-state index in [0.29, 0.717) is 10.0 Å². The summed E-state index contributed by atoms with van der Waals surface area (Å²) in [4.78, 5) is 0. The van der Waals surface area contributed by atoms with Gasteiger partial charge in [-0.2, -0.15) is 0 Å². The van der Waals surface area contributed by atoms with Crippen molar-refractivity contribution in [2.75, 3.05) is 7.11 Å². The molecule has 2 aromatic rings. The van der Waals surface area contributed by atoms with Gasteiger partial charge in [0, 0.05) is 5.38 Å². The molecule has 0 unspecified atom stereocenters. The third-order valence-electron chi connectivity index (χ3n) is 1.81. The van der Waals surface area contributed by atoms with Gasteiger partial charge in [-0.1, -0.05) is 23.2 Å². The number of ether oxygens (including phenoxy) is 1. The van der Waals surface area contributed by atoms with Crippen molar-refractivity contribution in [3.63, 3.8) is 0 Å². The second-order valence-corrected chi connectivity index (χ2v) is 4.23. The quantitative estimate of drug-likeness (QED) is 0.716. The number of hydrogen-bond donors (Lipinski definition) is 0. The molecular weight excluding hydrogens is 227 g/mol. The molecule has 1 aromatic carbocycles. The molecule has 4 heteroatoms. The van der Waals surface area contributed by atoms with Gasteiger partial charge < -0.3 is 4.74 Å². The molecule has 0 atom stereocenters. The topological polar surface area (TPSA) is 9.23 Å². The first-order valence-electron chi connectivity index (χ1n) is 3.63. The maximum atomic E-state index is 6.00. The Kier molecular flexibility index (Phi) is 2.37. The maximum absolute atomic E-state index is 6.00. The van der Waals surface area contributed by atoms with Gasteiger partial charge in [-0.3, -0.25) is 0 Å². The Labute approximate surface area is 89.8 Å². The van der Waals surface area contributed by atoms with Crippen molar-refractivity contribution in [2.45, 2.75) is 0 Å². The van der Waals surface area contributed by atoms with Crippen molar-refractivity contribution in [2.24, 2.45) is 0 Å². The zero-order valence-corrected chi connectivity index (χ0v) is 9.13. The van der Waals surface area contributed by atoms with E-state index in [4.69, 9.17) is 27.9 Å². The lowest BCUT2D eigenvalue weighted by atomic mass is 10.2. The predicted octanol–water partition coefficient (Wildman–Crippen LogP) is 4.22. The smallest absolute Gasteiger partial charge is 0.129 e. The van der Waals surface area contributed by atoms with Crippen LogP contribution >= 0.6 is 34.5 Å². The van der Waals surface area contributed by atoms with E-state index < -0.39 is 0 Å². The minimum atomic E-state index is 0.694. The zero-order valence-electron chi connectivity index (χ0n) is 6.80. The molecule has 2 rings (SSSR count). The van der Waals surface area contributed by atoms with Crippen LogP contribution in [0.3, 0.4) is 0 Å². The van der Waals surface area contributed by atoms with Crippen LogP contribution in [0, 0.1) is 0 Å². The molecule has 0 amide bonds. The summed E-state index contributed by atoms with van der Waals surface area (Å²) in [6, 6.07) is 3.64. The van der Waals surface area contributed by atoms with Gasteiger partial charge in [-0.05, 0) is 12.1 Å². The Balaban J connectivity index is 2.88. The van der Waals surface area contributed by atoms with Crippen LogP contribution in [0.4, 0.5) is 0 Å². The Morgan fingerprint density at radius 2 is 2.00 bits per heavy atom. The van der Waals surface area contributed by atoms with Crippen LogP contribution in [-0.4, -0.2) is 7.11 Å². The number of methoxy groups -OCH3 is 1. The fraction of sp³-hybridized carbons (Fsp3) is 0.111. The van der Waals surface area contributed by atoms with Crippen LogP contribution in [-0.2, 0) is 0 Å². The third kappa shape index (κ3) is 1.39. The molecule has 13 heavy (non-hydrogen) atoms. The summed E-state index contributed by atoms with van der Waals surface area (Å²) in [5.41, 5.74) is 0. The summed E-state index contributed by atoms with van der Waals surface area (Å²) in [5, 5.41) is 4.18. The van der Waals surface area contributed by atoms with Crippen molar-refractivity contribution < 1.29 is 4.74 Å². The molecule has 0 aliphatic carbocycles. The van der Waals surface area contributed by atoms with Crippen molar-refractivity contribution in [1.82, 2.24) is 0 Å². The molecule has 1 heterocycles. The van der Waals surface area contributed by atoms with Gasteiger partial charge >= 0.3 is 0 Å². The number of thiophene rings is 1. The van der Waals surface area contributed by atoms with E-state index in [0.717, 1.165) is 15.8 Å².